The van der Waals surface area contributed by atoms with Crippen molar-refractivity contribution in [2.45, 2.75) is 32.0 Å². The lowest BCUT2D eigenvalue weighted by Crippen LogP contribution is -2.32. The predicted molar refractivity (Wildman–Crippen MR) is 71.7 cm³/mol. The second kappa shape index (κ2) is 8.85. The summed E-state index contributed by atoms with van der Waals surface area (Å²) in [5, 5.41) is 21.8. The van der Waals surface area contributed by atoms with Gasteiger partial charge in [0, 0.05) is 6.54 Å². The van der Waals surface area contributed by atoms with Gasteiger partial charge in [-0.1, -0.05) is 0 Å². The maximum absolute atomic E-state index is 12.6. The summed E-state index contributed by atoms with van der Waals surface area (Å²) in [4.78, 5) is 0. The molecule has 0 aliphatic rings. The Labute approximate surface area is 113 Å². The Hall–Kier alpha value is -1.17. The third kappa shape index (κ3) is 7.77. The summed E-state index contributed by atoms with van der Waals surface area (Å²) in [6, 6.07) is 5.68. The zero-order valence-electron chi connectivity index (χ0n) is 11.2. The van der Waals surface area contributed by atoms with Crippen LogP contribution in [0.2, 0.25) is 0 Å². The highest BCUT2D eigenvalue weighted by atomic mass is 19.1. The van der Waals surface area contributed by atoms with E-state index in [0.717, 1.165) is 19.4 Å². The number of halogens is 1. The molecule has 0 aromatic heterocycles. The third-order valence-corrected chi connectivity index (χ3v) is 2.61. The van der Waals surface area contributed by atoms with Gasteiger partial charge in [0.1, 0.15) is 24.3 Å². The van der Waals surface area contributed by atoms with E-state index < -0.39 is 6.10 Å². The van der Waals surface area contributed by atoms with Crippen molar-refractivity contribution in [1.29, 1.82) is 0 Å². The topological polar surface area (TPSA) is 61.7 Å². The Morgan fingerprint density at radius 3 is 2.58 bits per heavy atom. The highest BCUT2D eigenvalue weighted by Crippen LogP contribution is 2.11. The van der Waals surface area contributed by atoms with Crippen LogP contribution in [-0.4, -0.2) is 42.1 Å². The van der Waals surface area contributed by atoms with Crippen LogP contribution in [0.1, 0.15) is 19.8 Å². The largest absolute Gasteiger partial charge is 0.491 e. The van der Waals surface area contributed by atoms with E-state index in [1.807, 2.05) is 0 Å². The number of hydrogen-bond acceptors (Lipinski definition) is 4. The Bertz CT molecular complexity index is 343. The standard InChI is InChI=1S/C14H22FNO3/c1-11(17)3-2-8-16-9-13(18)10-19-14-6-4-12(15)5-7-14/h4-7,11,13,16-18H,2-3,8-10H2,1H3. The average molecular weight is 271 g/mol. The first-order chi connectivity index (χ1) is 9.08. The fraction of sp³-hybridized carbons (Fsp3) is 0.571. The minimum Gasteiger partial charge on any atom is -0.491 e. The van der Waals surface area contributed by atoms with Gasteiger partial charge in [0.25, 0.3) is 0 Å². The molecule has 0 saturated carbocycles. The van der Waals surface area contributed by atoms with Crippen molar-refractivity contribution in [2.75, 3.05) is 19.7 Å². The minimum absolute atomic E-state index is 0.162. The van der Waals surface area contributed by atoms with Crippen LogP contribution in [0.15, 0.2) is 24.3 Å². The predicted octanol–water partition coefficient (Wildman–Crippen LogP) is 1.32. The molecule has 0 saturated heterocycles. The number of ether oxygens (including phenoxy) is 1. The van der Waals surface area contributed by atoms with Crippen molar-refractivity contribution in [2.24, 2.45) is 0 Å². The van der Waals surface area contributed by atoms with E-state index in [1.165, 1.54) is 24.3 Å². The van der Waals surface area contributed by atoms with Gasteiger partial charge in [-0.15, -0.1) is 0 Å². The van der Waals surface area contributed by atoms with Crippen LogP contribution >= 0.6 is 0 Å². The van der Waals surface area contributed by atoms with E-state index in [9.17, 15) is 9.50 Å². The molecule has 0 spiro atoms. The third-order valence-electron chi connectivity index (χ3n) is 2.61. The molecule has 0 amide bonds. The normalized spacial score (nSPS) is 14.1. The van der Waals surface area contributed by atoms with Crippen LogP contribution in [0.5, 0.6) is 5.75 Å². The lowest BCUT2D eigenvalue weighted by Gasteiger charge is -2.13. The van der Waals surface area contributed by atoms with Crippen molar-refractivity contribution in [3.8, 4) is 5.75 Å². The maximum Gasteiger partial charge on any atom is 0.123 e. The lowest BCUT2D eigenvalue weighted by atomic mass is 10.2. The quantitative estimate of drug-likeness (QED) is 0.593. The number of aliphatic hydroxyl groups excluding tert-OH is 2. The van der Waals surface area contributed by atoms with Gasteiger partial charge in [-0.05, 0) is 50.6 Å². The van der Waals surface area contributed by atoms with E-state index in [2.05, 4.69) is 5.32 Å². The first-order valence-corrected chi connectivity index (χ1v) is 6.53. The van der Waals surface area contributed by atoms with Crippen molar-refractivity contribution in [3.63, 3.8) is 0 Å². The molecule has 0 heterocycles. The van der Waals surface area contributed by atoms with Crippen LogP contribution in [-0.2, 0) is 0 Å². The summed E-state index contributed by atoms with van der Waals surface area (Å²) in [5.41, 5.74) is 0. The van der Waals surface area contributed by atoms with Crippen LogP contribution in [0.4, 0.5) is 4.39 Å². The molecule has 4 nitrogen and oxygen atoms in total. The number of benzene rings is 1. The molecule has 2 atom stereocenters. The highest BCUT2D eigenvalue weighted by Gasteiger charge is 2.05. The minimum atomic E-state index is -0.614. The molecule has 0 radical (unpaired) electrons. The molecular weight excluding hydrogens is 249 g/mol. The molecule has 1 aromatic rings. The van der Waals surface area contributed by atoms with Gasteiger partial charge in [0.2, 0.25) is 0 Å². The number of rotatable bonds is 9. The molecule has 0 aliphatic carbocycles. The van der Waals surface area contributed by atoms with E-state index in [-0.39, 0.29) is 18.5 Å². The lowest BCUT2D eigenvalue weighted by molar-refractivity contribution is 0.106. The highest BCUT2D eigenvalue weighted by molar-refractivity contribution is 5.22. The van der Waals surface area contributed by atoms with Gasteiger partial charge in [0.05, 0.1) is 6.10 Å². The average Bonchev–Trinajstić information content (AvgIpc) is 2.37. The summed E-state index contributed by atoms with van der Waals surface area (Å²) in [6.07, 6.45) is 0.711. The summed E-state index contributed by atoms with van der Waals surface area (Å²) in [5.74, 6) is 0.224. The van der Waals surface area contributed by atoms with Crippen molar-refractivity contribution in [1.82, 2.24) is 5.32 Å². The zero-order chi connectivity index (χ0) is 14.1. The van der Waals surface area contributed by atoms with Gasteiger partial charge < -0.3 is 20.3 Å². The molecular formula is C14H22FNO3. The summed E-state index contributed by atoms with van der Waals surface area (Å²) >= 11 is 0. The zero-order valence-corrected chi connectivity index (χ0v) is 11.2. The van der Waals surface area contributed by atoms with Crippen LogP contribution in [0.25, 0.3) is 0 Å². The Kier molecular flexibility index (Phi) is 7.40. The second-order valence-electron chi connectivity index (χ2n) is 4.61. The molecule has 1 rings (SSSR count). The molecule has 0 bridgehead atoms. The van der Waals surface area contributed by atoms with Gasteiger partial charge in [-0.2, -0.15) is 0 Å². The Morgan fingerprint density at radius 1 is 1.26 bits per heavy atom. The second-order valence-corrected chi connectivity index (χ2v) is 4.61. The van der Waals surface area contributed by atoms with E-state index in [1.54, 1.807) is 6.92 Å². The van der Waals surface area contributed by atoms with Crippen LogP contribution in [0.3, 0.4) is 0 Å². The van der Waals surface area contributed by atoms with E-state index in [4.69, 9.17) is 9.84 Å². The van der Waals surface area contributed by atoms with Crippen LogP contribution < -0.4 is 10.1 Å². The number of aliphatic hydroxyl groups is 2. The molecule has 0 fully saturated rings. The Balaban J connectivity index is 2.07. The molecule has 5 heteroatoms. The van der Waals surface area contributed by atoms with Gasteiger partial charge in [-0.3, -0.25) is 0 Å². The molecule has 0 aliphatic heterocycles. The summed E-state index contributed by atoms with van der Waals surface area (Å²) < 4.78 is 18.0. The van der Waals surface area contributed by atoms with E-state index >= 15 is 0 Å². The van der Waals surface area contributed by atoms with Crippen LogP contribution in [0, 0.1) is 5.82 Å². The molecule has 2 unspecified atom stereocenters. The first kappa shape index (κ1) is 15.9. The van der Waals surface area contributed by atoms with Gasteiger partial charge in [-0.25, -0.2) is 4.39 Å². The number of nitrogens with one attached hydrogen (secondary N) is 1. The van der Waals surface area contributed by atoms with Crippen molar-refractivity contribution < 1.29 is 19.3 Å². The van der Waals surface area contributed by atoms with Gasteiger partial charge in [0.15, 0.2) is 0 Å². The monoisotopic (exact) mass is 271 g/mol. The van der Waals surface area contributed by atoms with Gasteiger partial charge >= 0.3 is 0 Å². The summed E-state index contributed by atoms with van der Waals surface area (Å²) in [7, 11) is 0. The molecule has 19 heavy (non-hydrogen) atoms. The van der Waals surface area contributed by atoms with Crippen molar-refractivity contribution >= 4 is 0 Å². The molecule has 1 aromatic carbocycles. The van der Waals surface area contributed by atoms with Crippen molar-refractivity contribution in [3.05, 3.63) is 30.1 Å². The van der Waals surface area contributed by atoms with E-state index in [0.29, 0.717) is 12.3 Å². The first-order valence-electron chi connectivity index (χ1n) is 6.53. The molecule has 108 valence electrons. The smallest absolute Gasteiger partial charge is 0.123 e. The molecule has 3 N–H and O–H groups in total. The summed E-state index contributed by atoms with van der Waals surface area (Å²) in [6.45, 7) is 3.10. The maximum atomic E-state index is 12.6. The fourth-order valence-electron chi connectivity index (χ4n) is 1.57. The number of hydrogen-bond donors (Lipinski definition) is 3. The Morgan fingerprint density at radius 2 is 1.95 bits per heavy atom. The SMILES string of the molecule is CC(O)CCCNCC(O)COc1ccc(F)cc1. The fourth-order valence-corrected chi connectivity index (χ4v) is 1.57.